The van der Waals surface area contributed by atoms with Crippen molar-refractivity contribution in [2.45, 2.75) is 104 Å². The number of anilines is 1. The number of pyridine rings is 1. The van der Waals surface area contributed by atoms with Crippen LogP contribution in [0.5, 0.6) is 11.5 Å². The SMILES string of the molecule is CCCCCCCCCCCCCCOc1ccc(CN(C(C)=O)c2cccc(Cc3ncc4ccccn34)c2)cc1OC. The van der Waals surface area contributed by atoms with Crippen LogP contribution in [-0.2, 0) is 17.8 Å². The summed E-state index contributed by atoms with van der Waals surface area (Å²) in [6.07, 6.45) is 20.5. The van der Waals surface area contributed by atoms with E-state index in [1.54, 1.807) is 18.9 Å². The van der Waals surface area contributed by atoms with Crippen molar-refractivity contribution in [3.8, 4) is 11.5 Å². The molecule has 0 saturated heterocycles. The Labute approximate surface area is 264 Å². The van der Waals surface area contributed by atoms with Crippen molar-refractivity contribution >= 4 is 17.1 Å². The Morgan fingerprint density at radius 1 is 0.795 bits per heavy atom. The van der Waals surface area contributed by atoms with E-state index in [2.05, 4.69) is 28.4 Å². The first-order valence-corrected chi connectivity index (χ1v) is 16.7. The minimum atomic E-state index is -0.0142. The van der Waals surface area contributed by atoms with Crippen molar-refractivity contribution < 1.29 is 14.3 Å². The van der Waals surface area contributed by atoms with Crippen LogP contribution >= 0.6 is 0 Å². The predicted molar refractivity (Wildman–Crippen MR) is 181 cm³/mol. The summed E-state index contributed by atoms with van der Waals surface area (Å²) in [5, 5.41) is 0. The molecule has 44 heavy (non-hydrogen) atoms. The minimum Gasteiger partial charge on any atom is -0.493 e. The summed E-state index contributed by atoms with van der Waals surface area (Å²) in [4.78, 5) is 19.2. The highest BCUT2D eigenvalue weighted by Gasteiger charge is 2.15. The number of methoxy groups -OCH3 is 1. The molecule has 2 aromatic carbocycles. The Morgan fingerprint density at radius 3 is 2.23 bits per heavy atom. The molecule has 236 valence electrons. The number of ether oxygens (including phenoxy) is 2. The van der Waals surface area contributed by atoms with Gasteiger partial charge in [0.1, 0.15) is 5.82 Å². The molecule has 2 aromatic heterocycles. The maximum Gasteiger partial charge on any atom is 0.224 e. The first-order valence-electron chi connectivity index (χ1n) is 16.7. The fraction of sp³-hybridized carbons (Fsp3) is 0.474. The third kappa shape index (κ3) is 10.1. The van der Waals surface area contributed by atoms with E-state index in [4.69, 9.17) is 9.47 Å². The number of fused-ring (bicyclic) bond motifs is 1. The summed E-state index contributed by atoms with van der Waals surface area (Å²) in [7, 11) is 1.67. The summed E-state index contributed by atoms with van der Waals surface area (Å²) in [5.41, 5.74) is 4.02. The highest BCUT2D eigenvalue weighted by Crippen LogP contribution is 2.30. The van der Waals surface area contributed by atoms with Gasteiger partial charge in [-0.2, -0.15) is 0 Å². The van der Waals surface area contributed by atoms with Gasteiger partial charge in [0.15, 0.2) is 11.5 Å². The van der Waals surface area contributed by atoms with Crippen LogP contribution in [0.25, 0.3) is 5.52 Å². The average Bonchev–Trinajstić information content (AvgIpc) is 3.45. The first kappa shape index (κ1) is 33.1. The molecular weight excluding hydrogens is 546 g/mol. The number of rotatable bonds is 20. The number of unbranched alkanes of at least 4 members (excludes halogenated alkanes) is 11. The van der Waals surface area contributed by atoms with Crippen LogP contribution in [0.15, 0.2) is 73.1 Å². The maximum atomic E-state index is 12.8. The molecule has 0 spiro atoms. The standard InChI is InChI=1S/C38H51N3O3/c1-4-5-6-7-8-9-10-11-12-13-14-17-25-44-36-23-22-33(27-37(36)43-3)30-41(31(2)42)34-21-18-19-32(26-34)28-38-39-29-35-20-15-16-24-40(35)38/h15-16,18-24,26-27,29H,4-14,17,25,28,30H2,1-3H3. The smallest absolute Gasteiger partial charge is 0.224 e. The summed E-state index contributed by atoms with van der Waals surface area (Å²) >= 11 is 0. The van der Waals surface area contributed by atoms with Crippen LogP contribution in [-0.4, -0.2) is 29.0 Å². The molecule has 1 amide bonds. The molecule has 0 fully saturated rings. The molecule has 0 aliphatic heterocycles. The van der Waals surface area contributed by atoms with Gasteiger partial charge in [-0.15, -0.1) is 0 Å². The van der Waals surface area contributed by atoms with Crippen molar-refractivity contribution in [1.82, 2.24) is 9.38 Å². The summed E-state index contributed by atoms with van der Waals surface area (Å²) < 4.78 is 13.9. The molecule has 2 heterocycles. The molecule has 6 nitrogen and oxygen atoms in total. The molecule has 0 saturated carbocycles. The normalized spacial score (nSPS) is 11.2. The van der Waals surface area contributed by atoms with Gasteiger partial charge in [-0.3, -0.25) is 4.79 Å². The number of hydrogen-bond acceptors (Lipinski definition) is 4. The lowest BCUT2D eigenvalue weighted by Crippen LogP contribution is -2.27. The van der Waals surface area contributed by atoms with E-state index in [-0.39, 0.29) is 5.91 Å². The van der Waals surface area contributed by atoms with E-state index in [9.17, 15) is 4.79 Å². The van der Waals surface area contributed by atoms with Crippen LogP contribution in [0, 0.1) is 0 Å². The Hall–Kier alpha value is -3.80. The van der Waals surface area contributed by atoms with Crippen LogP contribution in [0.2, 0.25) is 0 Å². The zero-order valence-electron chi connectivity index (χ0n) is 27.1. The van der Waals surface area contributed by atoms with Crippen molar-refractivity contribution in [1.29, 1.82) is 0 Å². The van der Waals surface area contributed by atoms with Crippen molar-refractivity contribution in [3.63, 3.8) is 0 Å². The van der Waals surface area contributed by atoms with Gasteiger partial charge in [0, 0.05) is 25.2 Å². The third-order valence-corrected chi connectivity index (χ3v) is 8.30. The second-order valence-electron chi connectivity index (χ2n) is 11.8. The Kier molecular flexibility index (Phi) is 13.6. The zero-order valence-corrected chi connectivity index (χ0v) is 27.1. The Bertz CT molecular complexity index is 1430. The molecule has 0 atom stereocenters. The fourth-order valence-electron chi connectivity index (χ4n) is 5.77. The molecule has 4 aromatic rings. The lowest BCUT2D eigenvalue weighted by Gasteiger charge is -2.23. The number of aromatic nitrogens is 2. The van der Waals surface area contributed by atoms with Crippen molar-refractivity contribution in [2.24, 2.45) is 0 Å². The van der Waals surface area contributed by atoms with Gasteiger partial charge < -0.3 is 18.8 Å². The number of carbonyl (C=O) groups excluding carboxylic acids is 1. The topological polar surface area (TPSA) is 56.1 Å². The number of nitrogens with zero attached hydrogens (tertiary/aromatic N) is 3. The lowest BCUT2D eigenvalue weighted by atomic mass is 10.1. The van der Waals surface area contributed by atoms with Gasteiger partial charge in [-0.05, 0) is 53.9 Å². The van der Waals surface area contributed by atoms with Gasteiger partial charge >= 0.3 is 0 Å². The molecule has 0 bridgehead atoms. The Balaban J connectivity index is 1.25. The Morgan fingerprint density at radius 2 is 1.52 bits per heavy atom. The quantitative estimate of drug-likeness (QED) is 0.0952. The van der Waals surface area contributed by atoms with Crippen LogP contribution < -0.4 is 14.4 Å². The van der Waals surface area contributed by atoms with E-state index in [1.165, 1.54) is 70.6 Å². The fourth-order valence-corrected chi connectivity index (χ4v) is 5.77. The van der Waals surface area contributed by atoms with Crippen LogP contribution in [0.4, 0.5) is 5.69 Å². The molecule has 0 unspecified atom stereocenters. The number of carbonyl (C=O) groups is 1. The highest BCUT2D eigenvalue weighted by molar-refractivity contribution is 5.91. The molecule has 0 radical (unpaired) electrons. The molecule has 4 rings (SSSR count). The largest absolute Gasteiger partial charge is 0.493 e. The number of amides is 1. The van der Waals surface area contributed by atoms with Gasteiger partial charge in [0.2, 0.25) is 5.91 Å². The minimum absolute atomic E-state index is 0.0142. The van der Waals surface area contributed by atoms with Gasteiger partial charge in [-0.25, -0.2) is 4.98 Å². The molecule has 0 aliphatic carbocycles. The van der Waals surface area contributed by atoms with E-state index in [0.717, 1.165) is 40.3 Å². The van der Waals surface area contributed by atoms with Crippen LogP contribution in [0.1, 0.15) is 108 Å². The second-order valence-corrected chi connectivity index (χ2v) is 11.8. The average molecular weight is 598 g/mol. The predicted octanol–water partition coefficient (Wildman–Crippen LogP) is 9.57. The van der Waals surface area contributed by atoms with Gasteiger partial charge in [0.05, 0.1) is 32.0 Å². The summed E-state index contributed by atoms with van der Waals surface area (Å²) in [5.74, 6) is 2.41. The van der Waals surface area contributed by atoms with Crippen molar-refractivity contribution in [2.75, 3.05) is 18.6 Å². The summed E-state index contributed by atoms with van der Waals surface area (Å²) in [6, 6.07) is 20.2. The maximum absolute atomic E-state index is 12.8. The number of benzene rings is 2. The van der Waals surface area contributed by atoms with E-state index in [0.29, 0.717) is 25.3 Å². The number of hydrogen-bond donors (Lipinski definition) is 0. The zero-order chi connectivity index (χ0) is 31.0. The second kappa shape index (κ2) is 18.1. The molecular formula is C38H51N3O3. The molecule has 6 heteroatoms. The summed E-state index contributed by atoms with van der Waals surface area (Å²) in [6.45, 7) is 5.01. The van der Waals surface area contributed by atoms with E-state index >= 15 is 0 Å². The molecule has 0 N–H and O–H groups in total. The lowest BCUT2D eigenvalue weighted by molar-refractivity contribution is -0.116. The van der Waals surface area contributed by atoms with E-state index in [1.807, 2.05) is 60.9 Å². The van der Waals surface area contributed by atoms with E-state index < -0.39 is 0 Å². The van der Waals surface area contributed by atoms with Gasteiger partial charge in [0.25, 0.3) is 0 Å². The third-order valence-electron chi connectivity index (χ3n) is 8.30. The monoisotopic (exact) mass is 597 g/mol. The number of imidazole rings is 1. The van der Waals surface area contributed by atoms with Gasteiger partial charge in [-0.1, -0.05) is 102 Å². The van der Waals surface area contributed by atoms with Crippen LogP contribution in [0.3, 0.4) is 0 Å². The molecule has 0 aliphatic rings. The highest BCUT2D eigenvalue weighted by atomic mass is 16.5. The first-order chi connectivity index (χ1) is 21.6. The van der Waals surface area contributed by atoms with Crippen molar-refractivity contribution in [3.05, 3.63) is 90.0 Å².